The minimum Gasteiger partial charge on any atom is -0.496 e. The molecule has 1 aromatic carbocycles. The summed E-state index contributed by atoms with van der Waals surface area (Å²) in [6, 6.07) is 3.35. The molecular weight excluding hydrogens is 404 g/mol. The Morgan fingerprint density at radius 1 is 1.20 bits per heavy atom. The predicted octanol–water partition coefficient (Wildman–Crippen LogP) is 3.50. The number of hydrogen-bond donors (Lipinski definition) is 0. The van der Waals surface area contributed by atoms with Gasteiger partial charge in [-0.25, -0.2) is 4.79 Å². The molecule has 1 aliphatic carbocycles. The van der Waals surface area contributed by atoms with Gasteiger partial charge in [-0.3, -0.25) is 9.59 Å². The molecule has 30 heavy (non-hydrogen) atoms. The van der Waals surface area contributed by atoms with Crippen LogP contribution in [0.25, 0.3) is 0 Å². The van der Waals surface area contributed by atoms with Crippen LogP contribution < -0.4 is 4.74 Å². The SMILES string of the molecule is CC#Cc1cc(Cl)c(C2C(=O)CC3(CCN(C(=O)N(C)C)CC3)CC2=O)c(OC)c1. The Morgan fingerprint density at radius 3 is 2.30 bits per heavy atom. The zero-order chi connectivity index (χ0) is 22.1. The monoisotopic (exact) mass is 430 g/mol. The van der Waals surface area contributed by atoms with Gasteiger partial charge in [-0.1, -0.05) is 17.5 Å². The van der Waals surface area contributed by atoms with E-state index in [9.17, 15) is 14.4 Å². The molecule has 2 fully saturated rings. The summed E-state index contributed by atoms with van der Waals surface area (Å²) in [5, 5.41) is 0.321. The second kappa shape index (κ2) is 8.69. The Labute approximate surface area is 182 Å². The van der Waals surface area contributed by atoms with Crippen molar-refractivity contribution in [3.63, 3.8) is 0 Å². The highest BCUT2D eigenvalue weighted by Gasteiger charge is 2.48. The average Bonchev–Trinajstić information content (AvgIpc) is 2.69. The number of Topliss-reactive ketones (excluding diaryl/α,β-unsaturated/α-hetero) is 2. The fraction of sp³-hybridized carbons (Fsp3) is 0.522. The first-order valence-corrected chi connectivity index (χ1v) is 10.4. The normalized spacial score (nSPS) is 18.8. The summed E-state index contributed by atoms with van der Waals surface area (Å²) in [7, 11) is 4.94. The van der Waals surface area contributed by atoms with Gasteiger partial charge in [0.2, 0.25) is 0 Å². The Hall–Kier alpha value is -2.52. The lowest BCUT2D eigenvalue weighted by Gasteiger charge is -2.45. The molecule has 0 N–H and O–H groups in total. The third kappa shape index (κ3) is 4.17. The van der Waals surface area contributed by atoms with E-state index in [1.807, 2.05) is 0 Å². The Bertz CT molecular complexity index is 917. The molecule has 0 unspecified atom stereocenters. The summed E-state index contributed by atoms with van der Waals surface area (Å²) >= 11 is 6.47. The van der Waals surface area contributed by atoms with Crippen LogP contribution in [0.1, 0.15) is 49.7 Å². The van der Waals surface area contributed by atoms with Crippen LogP contribution in [0.3, 0.4) is 0 Å². The molecule has 1 spiro atoms. The number of nitrogens with zero attached hydrogens (tertiary/aromatic N) is 2. The molecule has 1 saturated carbocycles. The van der Waals surface area contributed by atoms with E-state index in [4.69, 9.17) is 16.3 Å². The number of rotatable bonds is 2. The van der Waals surface area contributed by atoms with Crippen LogP contribution in [0.4, 0.5) is 4.79 Å². The molecule has 1 heterocycles. The zero-order valence-corrected chi connectivity index (χ0v) is 18.6. The highest BCUT2D eigenvalue weighted by molar-refractivity contribution is 6.32. The van der Waals surface area contributed by atoms with Crippen molar-refractivity contribution in [1.82, 2.24) is 9.80 Å². The number of likely N-dealkylation sites (tertiary alicyclic amines) is 1. The number of hydrogen-bond acceptors (Lipinski definition) is 4. The maximum absolute atomic E-state index is 13.2. The molecule has 2 amide bonds. The van der Waals surface area contributed by atoms with Gasteiger partial charge in [0.25, 0.3) is 0 Å². The molecular formula is C23H27ClN2O4. The van der Waals surface area contributed by atoms with Gasteiger partial charge >= 0.3 is 6.03 Å². The first-order valence-electron chi connectivity index (χ1n) is 10.0. The third-order valence-electron chi connectivity index (χ3n) is 6.09. The summed E-state index contributed by atoms with van der Waals surface area (Å²) in [4.78, 5) is 41.9. The molecule has 0 aromatic heterocycles. The number of carbonyl (C=O) groups excluding carboxylic acids is 3. The van der Waals surface area contributed by atoms with Crippen LogP contribution in [0, 0.1) is 17.3 Å². The molecule has 6 nitrogen and oxygen atoms in total. The lowest BCUT2D eigenvalue weighted by Crippen LogP contribution is -2.50. The Morgan fingerprint density at radius 2 is 1.80 bits per heavy atom. The predicted molar refractivity (Wildman–Crippen MR) is 115 cm³/mol. The molecule has 1 aromatic rings. The van der Waals surface area contributed by atoms with E-state index in [1.54, 1.807) is 43.0 Å². The van der Waals surface area contributed by atoms with Gasteiger partial charge in [0, 0.05) is 56.2 Å². The standard InChI is InChI=1S/C23H27ClN2O4/c1-5-6-15-11-16(24)20(19(12-15)30-4)21-17(27)13-23(14-18(21)28)7-9-26(10-8-23)22(29)25(2)3/h11-12,21H,7-10,13-14H2,1-4H3. The van der Waals surface area contributed by atoms with E-state index in [-0.39, 0.29) is 23.0 Å². The van der Waals surface area contributed by atoms with E-state index in [1.165, 1.54) is 7.11 Å². The number of ketones is 2. The smallest absolute Gasteiger partial charge is 0.319 e. The number of benzene rings is 1. The van der Waals surface area contributed by atoms with E-state index in [2.05, 4.69) is 11.8 Å². The van der Waals surface area contributed by atoms with Gasteiger partial charge in [0.1, 0.15) is 23.2 Å². The number of piperidine rings is 1. The maximum Gasteiger partial charge on any atom is 0.319 e. The first-order chi connectivity index (χ1) is 14.2. The summed E-state index contributed by atoms with van der Waals surface area (Å²) < 4.78 is 5.46. The van der Waals surface area contributed by atoms with Crippen molar-refractivity contribution in [2.75, 3.05) is 34.3 Å². The largest absolute Gasteiger partial charge is 0.496 e. The molecule has 160 valence electrons. The van der Waals surface area contributed by atoms with Crippen LogP contribution >= 0.6 is 11.6 Å². The summed E-state index contributed by atoms with van der Waals surface area (Å²) in [6.07, 6.45) is 1.91. The van der Waals surface area contributed by atoms with Crippen LogP contribution in [0.15, 0.2) is 12.1 Å². The quantitative estimate of drug-likeness (QED) is 0.532. The van der Waals surface area contributed by atoms with Gasteiger partial charge in [0.15, 0.2) is 0 Å². The lowest BCUT2D eigenvalue weighted by atomic mass is 9.63. The van der Waals surface area contributed by atoms with Crippen molar-refractivity contribution in [2.45, 2.75) is 38.5 Å². The van der Waals surface area contributed by atoms with Crippen LogP contribution in [-0.2, 0) is 9.59 Å². The number of amides is 2. The van der Waals surface area contributed by atoms with Crippen LogP contribution in [0.5, 0.6) is 5.75 Å². The number of halogens is 1. The molecule has 2 aliphatic rings. The van der Waals surface area contributed by atoms with Crippen LogP contribution in [0.2, 0.25) is 5.02 Å². The molecule has 0 bridgehead atoms. The highest BCUT2D eigenvalue weighted by atomic mass is 35.5. The molecule has 7 heteroatoms. The molecule has 0 atom stereocenters. The van der Waals surface area contributed by atoms with Gasteiger partial charge in [0.05, 0.1) is 7.11 Å². The molecule has 1 saturated heterocycles. The molecule has 1 aliphatic heterocycles. The number of methoxy groups -OCH3 is 1. The van der Waals surface area contributed by atoms with Crippen molar-refractivity contribution in [2.24, 2.45) is 5.41 Å². The zero-order valence-electron chi connectivity index (χ0n) is 17.9. The van der Waals surface area contributed by atoms with E-state index in [0.717, 1.165) is 0 Å². The lowest BCUT2D eigenvalue weighted by molar-refractivity contribution is -0.138. The minimum absolute atomic E-state index is 0.0389. The van der Waals surface area contributed by atoms with E-state index >= 15 is 0 Å². The highest BCUT2D eigenvalue weighted by Crippen LogP contribution is 2.48. The average molecular weight is 431 g/mol. The number of ether oxygens (including phenoxy) is 1. The number of urea groups is 1. The fourth-order valence-electron chi connectivity index (χ4n) is 4.57. The molecule has 0 radical (unpaired) electrons. The van der Waals surface area contributed by atoms with Crippen molar-refractivity contribution < 1.29 is 19.1 Å². The second-order valence-corrected chi connectivity index (χ2v) is 8.74. The van der Waals surface area contributed by atoms with Gasteiger partial charge in [-0.2, -0.15) is 0 Å². The van der Waals surface area contributed by atoms with Crippen LogP contribution in [-0.4, -0.2) is 61.7 Å². The van der Waals surface area contributed by atoms with Gasteiger partial charge < -0.3 is 14.5 Å². The second-order valence-electron chi connectivity index (χ2n) is 8.33. The van der Waals surface area contributed by atoms with Crippen molar-refractivity contribution in [3.8, 4) is 17.6 Å². The van der Waals surface area contributed by atoms with Crippen molar-refractivity contribution in [3.05, 3.63) is 28.3 Å². The fourth-order valence-corrected chi connectivity index (χ4v) is 4.89. The topological polar surface area (TPSA) is 66.9 Å². The molecule has 3 rings (SSSR count). The van der Waals surface area contributed by atoms with Gasteiger partial charge in [-0.15, -0.1) is 5.92 Å². The van der Waals surface area contributed by atoms with Crippen molar-refractivity contribution >= 4 is 29.2 Å². The first kappa shape index (κ1) is 22.2. The summed E-state index contributed by atoms with van der Waals surface area (Å²) in [5.74, 6) is 4.97. The van der Waals surface area contributed by atoms with Crippen molar-refractivity contribution in [1.29, 1.82) is 0 Å². The Kier molecular flexibility index (Phi) is 6.42. The third-order valence-corrected chi connectivity index (χ3v) is 6.40. The van der Waals surface area contributed by atoms with E-state index in [0.29, 0.717) is 60.7 Å². The summed E-state index contributed by atoms with van der Waals surface area (Å²) in [6.45, 7) is 2.83. The van der Waals surface area contributed by atoms with Gasteiger partial charge in [-0.05, 0) is 37.3 Å². The van der Waals surface area contributed by atoms with E-state index < -0.39 is 5.92 Å². The Balaban J connectivity index is 1.83. The summed E-state index contributed by atoms with van der Waals surface area (Å²) in [5.41, 5.74) is 0.736. The maximum atomic E-state index is 13.2. The number of carbonyl (C=O) groups is 3. The minimum atomic E-state index is -0.914.